The number of nitrogens with zero attached hydrogens (tertiary/aromatic N) is 1. The van der Waals surface area contributed by atoms with Crippen molar-refractivity contribution in [1.29, 1.82) is 0 Å². The number of guanidine groups is 1. The van der Waals surface area contributed by atoms with E-state index in [4.69, 9.17) is 14.2 Å². The zero-order chi connectivity index (χ0) is 19.5. The molecule has 0 aliphatic heterocycles. The van der Waals surface area contributed by atoms with Gasteiger partial charge in [-0.15, -0.1) is 0 Å². The predicted molar refractivity (Wildman–Crippen MR) is 109 cm³/mol. The van der Waals surface area contributed by atoms with Gasteiger partial charge in [-0.3, -0.25) is 0 Å². The van der Waals surface area contributed by atoms with E-state index in [1.54, 1.807) is 14.2 Å². The molecule has 6 heteroatoms. The van der Waals surface area contributed by atoms with Crippen molar-refractivity contribution in [3.63, 3.8) is 0 Å². The normalized spacial score (nSPS) is 11.0. The highest BCUT2D eigenvalue weighted by Crippen LogP contribution is 2.27. The van der Waals surface area contributed by atoms with Gasteiger partial charge in [-0.2, -0.15) is 0 Å². The molecular weight excluding hydrogens is 342 g/mol. The van der Waals surface area contributed by atoms with Gasteiger partial charge in [0.25, 0.3) is 0 Å². The first kappa shape index (κ1) is 20.4. The van der Waals surface area contributed by atoms with Crippen LogP contribution >= 0.6 is 0 Å². The predicted octanol–water partition coefficient (Wildman–Crippen LogP) is 3.36. The number of rotatable bonds is 9. The Morgan fingerprint density at radius 2 is 1.78 bits per heavy atom. The smallest absolute Gasteiger partial charge is 0.191 e. The zero-order valence-corrected chi connectivity index (χ0v) is 16.5. The van der Waals surface area contributed by atoms with Crippen LogP contribution in [-0.4, -0.2) is 33.3 Å². The molecule has 2 rings (SSSR count). The average Bonchev–Trinajstić information content (AvgIpc) is 2.70. The number of benzene rings is 2. The number of ether oxygens (including phenoxy) is 3. The summed E-state index contributed by atoms with van der Waals surface area (Å²) in [6, 6.07) is 13.8. The van der Waals surface area contributed by atoms with E-state index < -0.39 is 0 Å². The molecule has 0 atom stereocenters. The molecule has 0 amide bonds. The number of hydrogen-bond donors (Lipinski definition) is 2. The van der Waals surface area contributed by atoms with Gasteiger partial charge in [0.05, 0.1) is 27.4 Å². The molecule has 6 nitrogen and oxygen atoms in total. The maximum atomic E-state index is 5.64. The lowest BCUT2D eigenvalue weighted by Crippen LogP contribution is -2.36. The Morgan fingerprint density at radius 3 is 2.48 bits per heavy atom. The molecule has 0 unspecified atom stereocenters. The summed E-state index contributed by atoms with van der Waals surface area (Å²) >= 11 is 0. The number of aliphatic imine (C=N–C) groups is 1. The maximum Gasteiger partial charge on any atom is 0.191 e. The van der Waals surface area contributed by atoms with Gasteiger partial charge in [0.2, 0.25) is 0 Å². The lowest BCUT2D eigenvalue weighted by Gasteiger charge is -2.14. The van der Waals surface area contributed by atoms with Crippen molar-refractivity contribution < 1.29 is 14.2 Å². The lowest BCUT2D eigenvalue weighted by molar-refractivity contribution is 0.310. The third-order valence-electron chi connectivity index (χ3n) is 3.89. The Bertz CT molecular complexity index is 747. The van der Waals surface area contributed by atoms with Crippen molar-refractivity contribution in [2.45, 2.75) is 26.9 Å². The Morgan fingerprint density at radius 1 is 0.926 bits per heavy atom. The highest BCUT2D eigenvalue weighted by molar-refractivity contribution is 5.79. The molecule has 0 saturated heterocycles. The fourth-order valence-corrected chi connectivity index (χ4v) is 2.57. The average molecular weight is 371 g/mol. The molecule has 27 heavy (non-hydrogen) atoms. The van der Waals surface area contributed by atoms with E-state index in [1.165, 1.54) is 0 Å². The molecule has 0 aromatic heterocycles. The molecule has 0 aliphatic rings. The second-order valence-electron chi connectivity index (χ2n) is 5.82. The molecule has 0 radical (unpaired) electrons. The Labute approximate surface area is 161 Å². The van der Waals surface area contributed by atoms with Crippen LogP contribution in [0.5, 0.6) is 17.2 Å². The third-order valence-corrected chi connectivity index (χ3v) is 3.89. The number of hydrogen-bond acceptors (Lipinski definition) is 4. The van der Waals surface area contributed by atoms with Crippen molar-refractivity contribution in [3.8, 4) is 17.2 Å². The van der Waals surface area contributed by atoms with E-state index in [2.05, 4.69) is 15.6 Å². The van der Waals surface area contributed by atoms with Gasteiger partial charge in [-0.1, -0.05) is 18.2 Å². The minimum atomic E-state index is 0.569. The van der Waals surface area contributed by atoms with Crippen LogP contribution in [0.15, 0.2) is 47.5 Å². The molecule has 146 valence electrons. The van der Waals surface area contributed by atoms with Crippen LogP contribution < -0.4 is 24.8 Å². The van der Waals surface area contributed by atoms with Crippen LogP contribution in [0, 0.1) is 0 Å². The van der Waals surface area contributed by atoms with Gasteiger partial charge < -0.3 is 24.8 Å². The largest absolute Gasteiger partial charge is 0.497 e. The highest BCUT2D eigenvalue weighted by Gasteiger charge is 2.06. The highest BCUT2D eigenvalue weighted by atomic mass is 16.5. The molecule has 0 fully saturated rings. The van der Waals surface area contributed by atoms with Gasteiger partial charge in [-0.25, -0.2) is 4.99 Å². The summed E-state index contributed by atoms with van der Waals surface area (Å²) < 4.78 is 16.2. The van der Waals surface area contributed by atoms with Gasteiger partial charge in [0.1, 0.15) is 5.75 Å². The summed E-state index contributed by atoms with van der Waals surface area (Å²) in [7, 11) is 3.31. The van der Waals surface area contributed by atoms with Crippen molar-refractivity contribution in [2.75, 3.05) is 27.4 Å². The number of methoxy groups -OCH3 is 2. The van der Waals surface area contributed by atoms with Crippen molar-refractivity contribution >= 4 is 5.96 Å². The molecule has 0 aliphatic carbocycles. The molecule has 0 saturated carbocycles. The third kappa shape index (κ3) is 6.40. The Hall–Kier alpha value is -2.89. The standard InChI is InChI=1S/C21H29N3O3/c1-5-22-21(23-14-16-8-7-9-18(12-16)25-3)24-15-17-10-11-19(26-4)20(13-17)27-6-2/h7-13H,5-6,14-15H2,1-4H3,(H2,22,23,24). The summed E-state index contributed by atoms with van der Waals surface area (Å²) in [6.45, 7) is 6.59. The summed E-state index contributed by atoms with van der Waals surface area (Å²) in [5.41, 5.74) is 2.18. The maximum absolute atomic E-state index is 5.64. The minimum absolute atomic E-state index is 0.569. The van der Waals surface area contributed by atoms with Crippen LogP contribution in [0.2, 0.25) is 0 Å². The SMILES string of the molecule is CCNC(=NCc1cccc(OC)c1)NCc1ccc(OC)c(OCC)c1. The van der Waals surface area contributed by atoms with Gasteiger partial charge in [-0.05, 0) is 49.2 Å². The van der Waals surface area contributed by atoms with Crippen molar-refractivity contribution in [1.82, 2.24) is 10.6 Å². The van der Waals surface area contributed by atoms with Gasteiger partial charge in [0, 0.05) is 13.1 Å². The van der Waals surface area contributed by atoms with E-state index in [9.17, 15) is 0 Å². The number of nitrogens with one attached hydrogen (secondary N) is 2. The molecule has 0 heterocycles. The fraction of sp³-hybridized carbons (Fsp3) is 0.381. The first-order chi connectivity index (χ1) is 13.2. The molecule has 2 N–H and O–H groups in total. The monoisotopic (exact) mass is 371 g/mol. The molecule has 2 aromatic carbocycles. The van der Waals surface area contributed by atoms with Crippen LogP contribution in [0.3, 0.4) is 0 Å². The zero-order valence-electron chi connectivity index (χ0n) is 16.5. The van der Waals surface area contributed by atoms with E-state index in [1.807, 2.05) is 56.3 Å². The Kier molecular flexibility index (Phi) is 8.29. The summed E-state index contributed by atoms with van der Waals surface area (Å²) in [6.07, 6.45) is 0. The summed E-state index contributed by atoms with van der Waals surface area (Å²) in [4.78, 5) is 4.65. The first-order valence-electron chi connectivity index (χ1n) is 9.15. The van der Waals surface area contributed by atoms with Crippen LogP contribution in [0.4, 0.5) is 0 Å². The summed E-state index contributed by atoms with van der Waals surface area (Å²) in [5, 5.41) is 6.62. The van der Waals surface area contributed by atoms with Crippen LogP contribution in [-0.2, 0) is 13.1 Å². The second kappa shape index (κ2) is 11.0. The Balaban J connectivity index is 2.04. The fourth-order valence-electron chi connectivity index (χ4n) is 2.57. The lowest BCUT2D eigenvalue weighted by atomic mass is 10.2. The first-order valence-corrected chi connectivity index (χ1v) is 9.15. The van der Waals surface area contributed by atoms with E-state index in [0.717, 1.165) is 40.9 Å². The molecule has 2 aromatic rings. The van der Waals surface area contributed by atoms with E-state index in [0.29, 0.717) is 19.7 Å². The second-order valence-corrected chi connectivity index (χ2v) is 5.82. The van der Waals surface area contributed by atoms with E-state index >= 15 is 0 Å². The van der Waals surface area contributed by atoms with Crippen molar-refractivity contribution in [3.05, 3.63) is 53.6 Å². The molecular formula is C21H29N3O3. The quantitative estimate of drug-likeness (QED) is 0.523. The van der Waals surface area contributed by atoms with Crippen molar-refractivity contribution in [2.24, 2.45) is 4.99 Å². The van der Waals surface area contributed by atoms with Crippen LogP contribution in [0.25, 0.3) is 0 Å². The van der Waals surface area contributed by atoms with Crippen LogP contribution in [0.1, 0.15) is 25.0 Å². The summed E-state index contributed by atoms with van der Waals surface area (Å²) in [5.74, 6) is 3.08. The van der Waals surface area contributed by atoms with Gasteiger partial charge in [0.15, 0.2) is 17.5 Å². The minimum Gasteiger partial charge on any atom is -0.497 e. The molecule has 0 spiro atoms. The topological polar surface area (TPSA) is 64.1 Å². The van der Waals surface area contributed by atoms with Gasteiger partial charge >= 0.3 is 0 Å². The van der Waals surface area contributed by atoms with E-state index in [-0.39, 0.29) is 0 Å². The molecule has 0 bridgehead atoms.